The number of carbonyl (C=O) groups is 2. The third-order valence-corrected chi connectivity index (χ3v) is 2.87. The zero-order chi connectivity index (χ0) is 16.3. The first-order chi connectivity index (χ1) is 9.88. The fraction of sp³-hybridized carbons (Fsp3) is 0.750. The summed E-state index contributed by atoms with van der Waals surface area (Å²) in [6.07, 6.45) is 2.66. The number of unbranched alkanes of at least 4 members (excludes halogenated alkanes) is 1. The van der Waals surface area contributed by atoms with Gasteiger partial charge in [0, 0.05) is 6.54 Å². The molecule has 10 N–H and O–H groups in total. The number of nitrogens with two attached hydrogens (primary N) is 4. The molecule has 2 atom stereocenters. The Morgan fingerprint density at radius 2 is 1.81 bits per heavy atom. The number of amides is 1. The molecule has 0 aliphatic heterocycles. The highest BCUT2D eigenvalue weighted by Gasteiger charge is 2.22. The molecule has 122 valence electrons. The van der Waals surface area contributed by atoms with Crippen LogP contribution in [0.2, 0.25) is 0 Å². The maximum atomic E-state index is 11.8. The molecule has 0 rings (SSSR count). The van der Waals surface area contributed by atoms with Crippen LogP contribution < -0.4 is 28.3 Å². The number of aliphatic carboxylic acids is 1. The molecule has 0 unspecified atom stereocenters. The van der Waals surface area contributed by atoms with Gasteiger partial charge in [-0.25, -0.2) is 4.79 Å². The molecule has 0 aromatic rings. The first-order valence-electron chi connectivity index (χ1n) is 6.92. The maximum absolute atomic E-state index is 11.8. The van der Waals surface area contributed by atoms with Crippen LogP contribution in [0.4, 0.5) is 0 Å². The fourth-order valence-electron chi connectivity index (χ4n) is 1.68. The maximum Gasteiger partial charge on any atom is 0.326 e. The topological polar surface area (TPSA) is 183 Å². The Hall–Kier alpha value is -1.87. The third kappa shape index (κ3) is 9.63. The van der Waals surface area contributed by atoms with Gasteiger partial charge in [-0.1, -0.05) is 6.42 Å². The van der Waals surface area contributed by atoms with Crippen LogP contribution in [0, 0.1) is 0 Å². The predicted octanol–water partition coefficient (Wildman–Crippen LogP) is -1.93. The highest BCUT2D eigenvalue weighted by Crippen LogP contribution is 2.02. The van der Waals surface area contributed by atoms with E-state index in [9.17, 15) is 9.59 Å². The minimum Gasteiger partial charge on any atom is -0.480 e. The molecule has 0 aliphatic carbocycles. The highest BCUT2D eigenvalue weighted by molar-refractivity contribution is 5.86. The lowest BCUT2D eigenvalue weighted by molar-refractivity contribution is -0.142. The van der Waals surface area contributed by atoms with Crippen molar-refractivity contribution in [2.24, 2.45) is 27.9 Å². The van der Waals surface area contributed by atoms with Crippen LogP contribution >= 0.6 is 0 Å². The van der Waals surface area contributed by atoms with Crippen molar-refractivity contribution in [3.8, 4) is 0 Å². The van der Waals surface area contributed by atoms with E-state index in [1.165, 1.54) is 0 Å². The van der Waals surface area contributed by atoms with E-state index in [2.05, 4.69) is 10.3 Å². The van der Waals surface area contributed by atoms with Crippen molar-refractivity contribution in [1.82, 2.24) is 5.32 Å². The second-order valence-electron chi connectivity index (χ2n) is 4.74. The first kappa shape index (κ1) is 19.1. The molecular formula is C12H26N6O3. The van der Waals surface area contributed by atoms with Crippen molar-refractivity contribution in [3.05, 3.63) is 0 Å². The molecule has 0 fully saturated rings. The molecule has 0 spiro atoms. The van der Waals surface area contributed by atoms with Gasteiger partial charge in [-0.15, -0.1) is 0 Å². The summed E-state index contributed by atoms with van der Waals surface area (Å²) in [6, 6.07) is -1.72. The van der Waals surface area contributed by atoms with Gasteiger partial charge in [-0.3, -0.25) is 9.79 Å². The minimum absolute atomic E-state index is 0.0483. The van der Waals surface area contributed by atoms with Gasteiger partial charge in [0.05, 0.1) is 6.04 Å². The zero-order valence-electron chi connectivity index (χ0n) is 12.1. The average Bonchev–Trinajstić information content (AvgIpc) is 2.41. The zero-order valence-corrected chi connectivity index (χ0v) is 12.1. The van der Waals surface area contributed by atoms with E-state index in [-0.39, 0.29) is 12.4 Å². The van der Waals surface area contributed by atoms with Crippen LogP contribution in [0.5, 0.6) is 0 Å². The molecule has 0 aromatic heterocycles. The lowest BCUT2D eigenvalue weighted by Crippen LogP contribution is -2.48. The standard InChI is InChI=1S/C12H26N6O3/c13-6-2-1-4-8(14)10(19)18-9(11(20)21)5-3-7-17-12(15)16/h8-9H,1-7,13-14H2,(H,18,19)(H,20,21)(H4,15,16,17)/t8-,9+/m0/s1. The molecule has 1 amide bonds. The SMILES string of the molecule is NCCCC[C@H](N)C(=O)N[C@H](CCCN=C(N)N)C(=O)O. The molecule has 0 saturated carbocycles. The van der Waals surface area contributed by atoms with E-state index in [0.717, 1.165) is 12.8 Å². The van der Waals surface area contributed by atoms with Crippen molar-refractivity contribution in [2.45, 2.75) is 44.2 Å². The van der Waals surface area contributed by atoms with Crippen LogP contribution in [0.1, 0.15) is 32.1 Å². The van der Waals surface area contributed by atoms with Crippen LogP contribution in [0.25, 0.3) is 0 Å². The number of hydrogen-bond donors (Lipinski definition) is 6. The average molecular weight is 302 g/mol. The van der Waals surface area contributed by atoms with E-state index in [4.69, 9.17) is 28.0 Å². The summed E-state index contributed by atoms with van der Waals surface area (Å²) in [5.41, 5.74) is 21.4. The number of nitrogens with one attached hydrogen (secondary N) is 1. The lowest BCUT2D eigenvalue weighted by atomic mass is 10.1. The number of nitrogens with zero attached hydrogens (tertiary/aromatic N) is 1. The van der Waals surface area contributed by atoms with Crippen molar-refractivity contribution < 1.29 is 14.7 Å². The van der Waals surface area contributed by atoms with Gasteiger partial charge in [-0.2, -0.15) is 0 Å². The van der Waals surface area contributed by atoms with Crippen molar-refractivity contribution in [2.75, 3.05) is 13.1 Å². The normalized spacial score (nSPS) is 13.2. The van der Waals surface area contributed by atoms with Crippen molar-refractivity contribution >= 4 is 17.8 Å². The number of carboxylic acid groups (broad SMARTS) is 1. The molecule has 0 aliphatic rings. The molecule has 9 heteroatoms. The summed E-state index contributed by atoms with van der Waals surface area (Å²) in [5.74, 6) is -1.63. The summed E-state index contributed by atoms with van der Waals surface area (Å²) in [6.45, 7) is 0.849. The second-order valence-corrected chi connectivity index (χ2v) is 4.74. The fourth-order valence-corrected chi connectivity index (χ4v) is 1.68. The van der Waals surface area contributed by atoms with Crippen LogP contribution in [-0.4, -0.2) is 48.1 Å². The van der Waals surface area contributed by atoms with E-state index in [1.807, 2.05) is 0 Å². The number of hydrogen-bond acceptors (Lipinski definition) is 5. The Morgan fingerprint density at radius 1 is 1.14 bits per heavy atom. The molecule has 0 saturated heterocycles. The summed E-state index contributed by atoms with van der Waals surface area (Å²) < 4.78 is 0. The molecule has 0 heterocycles. The van der Waals surface area contributed by atoms with Crippen LogP contribution in [0.15, 0.2) is 4.99 Å². The molecule has 21 heavy (non-hydrogen) atoms. The Labute approximate surface area is 124 Å². The Kier molecular flexibility index (Phi) is 9.90. The smallest absolute Gasteiger partial charge is 0.326 e. The summed E-state index contributed by atoms with van der Waals surface area (Å²) in [7, 11) is 0. The minimum atomic E-state index is -1.11. The van der Waals surface area contributed by atoms with Gasteiger partial charge < -0.3 is 33.4 Å². The number of carbonyl (C=O) groups excluding carboxylic acids is 1. The van der Waals surface area contributed by atoms with Crippen LogP contribution in [-0.2, 0) is 9.59 Å². The summed E-state index contributed by atoms with van der Waals surface area (Å²) in [4.78, 5) is 26.6. The molecule has 9 nitrogen and oxygen atoms in total. The first-order valence-corrected chi connectivity index (χ1v) is 6.92. The summed E-state index contributed by atoms with van der Waals surface area (Å²) in [5, 5.41) is 11.5. The molecule has 0 aromatic carbocycles. The quantitative estimate of drug-likeness (QED) is 0.146. The molecule has 0 bridgehead atoms. The largest absolute Gasteiger partial charge is 0.480 e. The number of carboxylic acids is 1. The van der Waals surface area contributed by atoms with Crippen LogP contribution in [0.3, 0.4) is 0 Å². The predicted molar refractivity (Wildman–Crippen MR) is 80.4 cm³/mol. The van der Waals surface area contributed by atoms with Gasteiger partial charge in [0.15, 0.2) is 5.96 Å². The Bertz CT molecular complexity index is 357. The van der Waals surface area contributed by atoms with Crippen molar-refractivity contribution in [3.63, 3.8) is 0 Å². The lowest BCUT2D eigenvalue weighted by Gasteiger charge is -2.17. The molecule has 0 radical (unpaired) electrons. The van der Waals surface area contributed by atoms with Gasteiger partial charge in [0.25, 0.3) is 0 Å². The monoisotopic (exact) mass is 302 g/mol. The van der Waals surface area contributed by atoms with E-state index in [1.54, 1.807) is 0 Å². The Morgan fingerprint density at radius 3 is 2.33 bits per heavy atom. The van der Waals surface area contributed by atoms with E-state index >= 15 is 0 Å². The Balaban J connectivity index is 4.20. The number of aliphatic imine (C=N–C) groups is 1. The van der Waals surface area contributed by atoms with Gasteiger partial charge >= 0.3 is 5.97 Å². The van der Waals surface area contributed by atoms with E-state index in [0.29, 0.717) is 25.9 Å². The number of guanidine groups is 1. The van der Waals surface area contributed by atoms with Gasteiger partial charge in [0.1, 0.15) is 6.04 Å². The van der Waals surface area contributed by atoms with E-state index < -0.39 is 24.0 Å². The highest BCUT2D eigenvalue weighted by atomic mass is 16.4. The second kappa shape index (κ2) is 10.9. The number of rotatable bonds is 11. The molecular weight excluding hydrogens is 276 g/mol. The third-order valence-electron chi connectivity index (χ3n) is 2.87. The van der Waals surface area contributed by atoms with Gasteiger partial charge in [0.2, 0.25) is 5.91 Å². The van der Waals surface area contributed by atoms with Crippen molar-refractivity contribution in [1.29, 1.82) is 0 Å². The summed E-state index contributed by atoms with van der Waals surface area (Å²) >= 11 is 0. The van der Waals surface area contributed by atoms with Gasteiger partial charge in [-0.05, 0) is 32.2 Å².